The molecule has 0 amide bonds. The van der Waals surface area contributed by atoms with Crippen molar-refractivity contribution < 1.29 is 0 Å². The third-order valence-electron chi connectivity index (χ3n) is 1.84. The second kappa shape index (κ2) is 4.41. The zero-order valence-corrected chi connectivity index (χ0v) is 10.7. The van der Waals surface area contributed by atoms with Crippen molar-refractivity contribution in [3.05, 3.63) is 28.5 Å². The Morgan fingerprint density at radius 3 is 2.43 bits per heavy atom. The lowest BCUT2D eigenvalue weighted by atomic mass is 10.1. The first-order valence-electron chi connectivity index (χ1n) is 4.77. The molecule has 1 atom stereocenters. The van der Waals surface area contributed by atoms with Crippen molar-refractivity contribution in [2.24, 2.45) is 0 Å². The van der Waals surface area contributed by atoms with Crippen molar-refractivity contribution in [3.63, 3.8) is 0 Å². The molecule has 1 rings (SSSR count). The Kier molecular flexibility index (Phi) is 3.67. The fraction of sp³-hybridized carbons (Fsp3) is 0.545. The fourth-order valence-electron chi connectivity index (χ4n) is 1.37. The van der Waals surface area contributed by atoms with E-state index >= 15 is 0 Å². The Hall–Kier alpha value is -0.410. The number of aromatic nitrogens is 1. The van der Waals surface area contributed by atoms with Crippen molar-refractivity contribution in [1.29, 1.82) is 0 Å². The van der Waals surface area contributed by atoms with Crippen molar-refractivity contribution in [3.8, 4) is 0 Å². The monoisotopic (exact) mass is 256 g/mol. The van der Waals surface area contributed by atoms with E-state index in [-0.39, 0.29) is 11.6 Å². The average Bonchev–Trinajstić information content (AvgIpc) is 2.02. The number of pyridine rings is 1. The van der Waals surface area contributed by atoms with Gasteiger partial charge in [-0.3, -0.25) is 4.98 Å². The van der Waals surface area contributed by atoms with E-state index in [1.807, 2.05) is 18.3 Å². The van der Waals surface area contributed by atoms with Gasteiger partial charge in [-0.1, -0.05) is 0 Å². The lowest BCUT2D eigenvalue weighted by Gasteiger charge is -2.25. The number of rotatable bonds is 2. The summed E-state index contributed by atoms with van der Waals surface area (Å²) in [4.78, 5) is 4.35. The molecule has 1 unspecified atom stereocenters. The summed E-state index contributed by atoms with van der Waals surface area (Å²) in [5.41, 5.74) is 1.19. The minimum absolute atomic E-state index is 0.119. The van der Waals surface area contributed by atoms with Crippen LogP contribution in [0.3, 0.4) is 0 Å². The van der Waals surface area contributed by atoms with E-state index in [0.717, 1.165) is 10.2 Å². The van der Waals surface area contributed by atoms with Gasteiger partial charge in [-0.2, -0.15) is 0 Å². The van der Waals surface area contributed by atoms with Crippen molar-refractivity contribution in [1.82, 2.24) is 10.3 Å². The summed E-state index contributed by atoms with van der Waals surface area (Å²) in [6, 6.07) is 4.33. The van der Waals surface area contributed by atoms with E-state index in [1.54, 1.807) is 0 Å². The maximum Gasteiger partial charge on any atom is 0.0571 e. The first-order chi connectivity index (χ1) is 6.38. The largest absolute Gasteiger partial charge is 0.304 e. The third-order valence-corrected chi connectivity index (χ3v) is 2.31. The van der Waals surface area contributed by atoms with Crippen LogP contribution >= 0.6 is 15.9 Å². The lowest BCUT2D eigenvalue weighted by molar-refractivity contribution is 0.374. The highest BCUT2D eigenvalue weighted by atomic mass is 79.9. The van der Waals surface area contributed by atoms with Crippen LogP contribution in [0, 0.1) is 0 Å². The molecule has 0 bridgehead atoms. The SMILES string of the molecule is CC(NC(C)(C)C)c1ccc(Br)cn1. The number of hydrogen-bond acceptors (Lipinski definition) is 2. The van der Waals surface area contributed by atoms with Gasteiger partial charge in [-0.05, 0) is 55.8 Å². The average molecular weight is 257 g/mol. The summed E-state index contributed by atoms with van der Waals surface area (Å²) in [7, 11) is 0. The van der Waals surface area contributed by atoms with Crippen LogP contribution < -0.4 is 5.32 Å². The topological polar surface area (TPSA) is 24.9 Å². The van der Waals surface area contributed by atoms with Gasteiger partial charge in [0.25, 0.3) is 0 Å². The second-order valence-corrected chi connectivity index (χ2v) is 5.43. The molecule has 0 aliphatic carbocycles. The van der Waals surface area contributed by atoms with Gasteiger partial charge in [-0.15, -0.1) is 0 Å². The molecule has 0 saturated heterocycles. The summed E-state index contributed by atoms with van der Waals surface area (Å²) in [6.07, 6.45) is 1.83. The molecule has 14 heavy (non-hydrogen) atoms. The zero-order chi connectivity index (χ0) is 10.8. The van der Waals surface area contributed by atoms with E-state index in [0.29, 0.717) is 0 Å². The second-order valence-electron chi connectivity index (χ2n) is 4.52. The fourth-order valence-corrected chi connectivity index (χ4v) is 1.60. The molecule has 1 N–H and O–H groups in total. The first kappa shape index (κ1) is 11.7. The first-order valence-corrected chi connectivity index (χ1v) is 5.57. The van der Waals surface area contributed by atoms with Gasteiger partial charge in [0.15, 0.2) is 0 Å². The molecule has 0 aliphatic heterocycles. The molecular weight excluding hydrogens is 240 g/mol. The van der Waals surface area contributed by atoms with Crippen molar-refractivity contribution in [2.75, 3.05) is 0 Å². The van der Waals surface area contributed by atoms with Gasteiger partial charge in [0, 0.05) is 22.3 Å². The lowest BCUT2D eigenvalue weighted by Crippen LogP contribution is -2.37. The van der Waals surface area contributed by atoms with E-state index < -0.39 is 0 Å². The van der Waals surface area contributed by atoms with Crippen LogP contribution in [0.4, 0.5) is 0 Å². The predicted octanol–water partition coefficient (Wildman–Crippen LogP) is 3.29. The summed E-state index contributed by atoms with van der Waals surface area (Å²) in [5.74, 6) is 0. The normalized spacial score (nSPS) is 14.1. The standard InChI is InChI=1S/C11H17BrN2/c1-8(14-11(2,3)4)10-6-5-9(12)7-13-10/h5-8,14H,1-4H3. The molecule has 0 aliphatic rings. The van der Waals surface area contributed by atoms with E-state index in [9.17, 15) is 0 Å². The molecule has 2 nitrogen and oxygen atoms in total. The highest BCUT2D eigenvalue weighted by Gasteiger charge is 2.15. The Labute approximate surface area is 94.3 Å². The number of nitrogens with one attached hydrogen (secondary N) is 1. The molecular formula is C11H17BrN2. The molecule has 0 radical (unpaired) electrons. The predicted molar refractivity (Wildman–Crippen MR) is 63.2 cm³/mol. The molecule has 0 spiro atoms. The van der Waals surface area contributed by atoms with E-state index in [1.165, 1.54) is 0 Å². The molecule has 0 aromatic carbocycles. The van der Waals surface area contributed by atoms with E-state index in [4.69, 9.17) is 0 Å². The highest BCUT2D eigenvalue weighted by Crippen LogP contribution is 2.16. The minimum atomic E-state index is 0.119. The van der Waals surface area contributed by atoms with Gasteiger partial charge in [0.2, 0.25) is 0 Å². The van der Waals surface area contributed by atoms with Gasteiger partial charge < -0.3 is 5.32 Å². The van der Waals surface area contributed by atoms with Crippen LogP contribution in [0.15, 0.2) is 22.8 Å². The third kappa shape index (κ3) is 3.76. The quantitative estimate of drug-likeness (QED) is 0.879. The number of halogens is 1. The summed E-state index contributed by atoms with van der Waals surface area (Å²) in [6.45, 7) is 8.59. The van der Waals surface area contributed by atoms with Gasteiger partial charge >= 0.3 is 0 Å². The molecule has 1 aromatic heterocycles. The maximum atomic E-state index is 4.35. The Morgan fingerprint density at radius 2 is 2.00 bits per heavy atom. The highest BCUT2D eigenvalue weighted by molar-refractivity contribution is 9.10. The smallest absolute Gasteiger partial charge is 0.0571 e. The van der Waals surface area contributed by atoms with Crippen LogP contribution in [-0.4, -0.2) is 10.5 Å². The van der Waals surface area contributed by atoms with Crippen LogP contribution in [0.25, 0.3) is 0 Å². The van der Waals surface area contributed by atoms with Crippen LogP contribution in [0.5, 0.6) is 0 Å². The Balaban J connectivity index is 2.70. The molecule has 1 aromatic rings. The molecule has 3 heteroatoms. The maximum absolute atomic E-state index is 4.35. The molecule has 0 fully saturated rings. The van der Waals surface area contributed by atoms with Crippen LogP contribution in [-0.2, 0) is 0 Å². The summed E-state index contributed by atoms with van der Waals surface area (Å²) >= 11 is 3.37. The summed E-state index contributed by atoms with van der Waals surface area (Å²) < 4.78 is 1.02. The molecule has 0 saturated carbocycles. The molecule has 78 valence electrons. The zero-order valence-electron chi connectivity index (χ0n) is 9.13. The number of nitrogens with zero attached hydrogens (tertiary/aromatic N) is 1. The van der Waals surface area contributed by atoms with Crippen LogP contribution in [0.1, 0.15) is 39.4 Å². The van der Waals surface area contributed by atoms with Crippen molar-refractivity contribution in [2.45, 2.75) is 39.3 Å². The van der Waals surface area contributed by atoms with Crippen LogP contribution in [0.2, 0.25) is 0 Å². The Morgan fingerprint density at radius 1 is 1.36 bits per heavy atom. The molecule has 1 heterocycles. The van der Waals surface area contributed by atoms with Gasteiger partial charge in [0.1, 0.15) is 0 Å². The van der Waals surface area contributed by atoms with Gasteiger partial charge in [0.05, 0.1) is 5.69 Å². The Bertz CT molecular complexity index is 287. The minimum Gasteiger partial charge on any atom is -0.304 e. The summed E-state index contributed by atoms with van der Waals surface area (Å²) in [5, 5.41) is 3.48. The number of hydrogen-bond donors (Lipinski definition) is 1. The van der Waals surface area contributed by atoms with E-state index in [2.05, 4.69) is 53.9 Å². The van der Waals surface area contributed by atoms with Gasteiger partial charge in [-0.25, -0.2) is 0 Å². The van der Waals surface area contributed by atoms with Crippen molar-refractivity contribution >= 4 is 15.9 Å².